The summed E-state index contributed by atoms with van der Waals surface area (Å²) in [7, 11) is 0. The van der Waals surface area contributed by atoms with Gasteiger partial charge in [-0.05, 0) is 81.4 Å². The van der Waals surface area contributed by atoms with Crippen LogP contribution in [0.3, 0.4) is 0 Å². The van der Waals surface area contributed by atoms with E-state index in [0.29, 0.717) is 5.56 Å². The van der Waals surface area contributed by atoms with Crippen LogP contribution in [0.25, 0.3) is 0 Å². The number of carboxylic acid groups (broad SMARTS) is 5. The number of nitrogens with two attached hydrogens (primary N) is 3. The minimum atomic E-state index is -5.08. The van der Waals surface area contributed by atoms with E-state index in [1.807, 2.05) is 0 Å². The van der Waals surface area contributed by atoms with Gasteiger partial charge < -0.3 is 127 Å². The molecule has 11 atom stereocenters. The highest BCUT2D eigenvalue weighted by Gasteiger charge is 2.40. The van der Waals surface area contributed by atoms with E-state index in [9.17, 15) is 125 Å². The molecule has 0 saturated carbocycles. The number of alkyl halides is 3. The zero-order valence-corrected chi connectivity index (χ0v) is 60.7. The van der Waals surface area contributed by atoms with Gasteiger partial charge in [-0.1, -0.05) is 39.8 Å². The van der Waals surface area contributed by atoms with Crippen molar-refractivity contribution in [2.24, 2.45) is 34.0 Å². The van der Waals surface area contributed by atoms with E-state index in [-0.39, 0.29) is 81.4 Å². The number of benzene rings is 1. The summed E-state index contributed by atoms with van der Waals surface area (Å²) < 4.78 is 31.7. The molecule has 111 heavy (non-hydrogen) atoms. The molecular weight excluding hydrogens is 1490 g/mol. The Kier molecular flexibility index (Phi) is 39.9. The number of H-pyrrole nitrogens is 1. The first kappa shape index (κ1) is 94.7. The Balaban J connectivity index is 0.00000567. The number of amides is 13. The van der Waals surface area contributed by atoms with Gasteiger partial charge in [0.05, 0.1) is 57.9 Å². The Labute approximate surface area is 629 Å². The Bertz CT molecular complexity index is 3640. The fraction of sp³-hybridized carbons (Fsp3) is 0.562. The molecule has 0 spiro atoms. The summed E-state index contributed by atoms with van der Waals surface area (Å²) in [6.45, 7) is 4.13. The lowest BCUT2D eigenvalue weighted by Crippen LogP contribution is -2.61. The number of imidazole rings is 1. The zero-order valence-electron chi connectivity index (χ0n) is 60.7. The Hall–Kier alpha value is -12.3. The monoisotopic (exact) mass is 1590 g/mol. The van der Waals surface area contributed by atoms with Gasteiger partial charge in [0, 0.05) is 31.4 Å². The van der Waals surface area contributed by atoms with Gasteiger partial charge >= 0.3 is 36.0 Å². The first-order valence-corrected chi connectivity index (χ1v) is 34.0. The number of nitrogens with zero attached hydrogens (tertiary/aromatic N) is 3. The third-order valence-electron chi connectivity index (χ3n) is 15.6. The summed E-state index contributed by atoms with van der Waals surface area (Å²) in [5.41, 5.74) is 17.4. The van der Waals surface area contributed by atoms with E-state index in [1.165, 1.54) is 31.6 Å². The van der Waals surface area contributed by atoms with Crippen molar-refractivity contribution in [3.63, 3.8) is 0 Å². The van der Waals surface area contributed by atoms with Gasteiger partial charge in [0.1, 0.15) is 66.2 Å². The Morgan fingerprint density at radius 3 is 1.50 bits per heavy atom. The summed E-state index contributed by atoms with van der Waals surface area (Å²) in [6, 6.07) is -11.7. The number of aliphatic hydroxyl groups is 1. The number of aliphatic carboxylic acids is 5. The largest absolute Gasteiger partial charge is 0.508 e. The van der Waals surface area contributed by atoms with Crippen molar-refractivity contribution in [2.45, 2.75) is 178 Å². The third-order valence-corrected chi connectivity index (χ3v) is 15.6. The standard InChI is InChI=1S/C62H93N19O23.C2HF3O2/c1-29(2)16-37(76-52(94)35(63)18-32-10-12-34(83)13-11-32)55(97)72-31(5)51(93)75-40(20-48(87)88)53(95)68-24-46(85)74-42(22-50(91)92)58(100)77-38(17-30(3)4)56(98)78-39(19-33-23-66-28-71-33)57(99)80-43(27-82)59(101)79-41(21-49(89)90)54(96)70-26-47(86)81-15-7-9-44(81)60(102)69-25-45(84)73-36(61(103)104)8-6-14-67-62(64)65;3-2(4,5)1(6)7/h10-13,23,28-31,35-44,82-83H,6-9,14-22,24-27,63H2,1-5H3,(H,66,71)(H,68,95)(H,69,102)(H,70,96)(H,72,97)(H,73,84)(H,74,85)(H,75,93)(H,76,94)(H,77,100)(H,78,98)(H,79,101)(H,80,99)(H,87,88)(H,89,90)(H,91,92)(H,103,104)(H4,64,65,67);(H,6,7)/t31-,35-,36-,37-,38-,39-,40-,41-,42-,43-,44-;/m0./s1. The molecule has 1 saturated heterocycles. The first-order valence-electron chi connectivity index (χ1n) is 34.0. The third kappa shape index (κ3) is 36.4. The zero-order chi connectivity index (χ0) is 84.2. The number of likely N-dealkylation sites (tertiary alicyclic amines) is 1. The molecule has 0 radical (unpaired) electrons. The lowest BCUT2D eigenvalue weighted by Gasteiger charge is -2.27. The minimum absolute atomic E-state index is 0.00629. The van der Waals surface area contributed by atoms with E-state index in [1.54, 1.807) is 39.8 Å². The number of hydrogen-bond acceptors (Lipinski definition) is 23. The second-order valence-corrected chi connectivity index (χ2v) is 25.8. The van der Waals surface area contributed by atoms with Gasteiger partial charge in [-0.2, -0.15) is 13.2 Å². The highest BCUT2D eigenvalue weighted by Crippen LogP contribution is 2.19. The second-order valence-electron chi connectivity index (χ2n) is 25.8. The minimum Gasteiger partial charge on any atom is -0.508 e. The van der Waals surface area contributed by atoms with E-state index in [0.717, 1.165) is 4.90 Å². The number of guanidine groups is 1. The Morgan fingerprint density at radius 1 is 0.568 bits per heavy atom. The lowest BCUT2D eigenvalue weighted by atomic mass is 10.0. The molecule has 1 aliphatic rings. The number of halogens is 3. The maximum atomic E-state index is 14.2. The predicted octanol–water partition coefficient (Wildman–Crippen LogP) is -7.77. The van der Waals surface area contributed by atoms with Gasteiger partial charge in [0.15, 0.2) is 5.96 Å². The molecular formula is C64H94F3N19O25. The fourth-order valence-corrected chi connectivity index (χ4v) is 10.2. The summed E-state index contributed by atoms with van der Waals surface area (Å²) in [5, 5.41) is 92.7. The molecule has 44 nitrogen and oxygen atoms in total. The van der Waals surface area contributed by atoms with Crippen molar-refractivity contribution in [3.05, 3.63) is 48.0 Å². The van der Waals surface area contributed by atoms with Crippen molar-refractivity contribution in [3.8, 4) is 5.75 Å². The van der Waals surface area contributed by atoms with Crippen molar-refractivity contribution in [1.82, 2.24) is 78.7 Å². The van der Waals surface area contributed by atoms with Crippen LogP contribution in [-0.4, -0.2) is 275 Å². The maximum Gasteiger partial charge on any atom is 0.490 e. The molecule has 616 valence electrons. The van der Waals surface area contributed by atoms with Crippen LogP contribution in [0.1, 0.15) is 104 Å². The van der Waals surface area contributed by atoms with Crippen LogP contribution in [0.2, 0.25) is 0 Å². The van der Waals surface area contributed by atoms with Crippen LogP contribution in [0, 0.1) is 11.8 Å². The predicted molar refractivity (Wildman–Crippen MR) is 373 cm³/mol. The number of nitrogens with one attached hydrogen (secondary N) is 13. The average Bonchev–Trinajstić information content (AvgIpc) is 1.59. The molecule has 0 aliphatic carbocycles. The molecule has 1 fully saturated rings. The van der Waals surface area contributed by atoms with E-state index in [2.05, 4.69) is 78.8 Å². The number of carbonyl (C=O) groups is 18. The molecule has 0 unspecified atom stereocenters. The van der Waals surface area contributed by atoms with Crippen LogP contribution < -0.4 is 81.0 Å². The molecule has 47 heteroatoms. The fourth-order valence-electron chi connectivity index (χ4n) is 10.2. The van der Waals surface area contributed by atoms with E-state index >= 15 is 0 Å². The van der Waals surface area contributed by atoms with Gasteiger partial charge in [-0.15, -0.1) is 0 Å². The number of aromatic nitrogens is 2. The number of rotatable bonds is 45. The van der Waals surface area contributed by atoms with Gasteiger partial charge in [-0.25, -0.2) is 14.6 Å². The van der Waals surface area contributed by atoms with Crippen molar-refractivity contribution >= 4 is 113 Å². The van der Waals surface area contributed by atoms with E-state index < -0.39 is 237 Å². The quantitative estimate of drug-likeness (QED) is 0.0166. The first-order chi connectivity index (χ1) is 51.8. The smallest absolute Gasteiger partial charge is 0.490 e. The molecule has 1 aliphatic heterocycles. The van der Waals surface area contributed by atoms with Gasteiger partial charge in [0.2, 0.25) is 76.8 Å². The Morgan fingerprint density at radius 2 is 1.01 bits per heavy atom. The van der Waals surface area contributed by atoms with Crippen molar-refractivity contribution < 1.29 is 135 Å². The number of carboxylic acids is 5. The molecule has 0 bridgehead atoms. The molecule has 2 aromatic rings. The highest BCUT2D eigenvalue weighted by molar-refractivity contribution is 6.00. The van der Waals surface area contributed by atoms with Crippen molar-refractivity contribution in [1.29, 1.82) is 0 Å². The second kappa shape index (κ2) is 46.8. The number of aliphatic imine (C=N–C) groups is 1. The van der Waals surface area contributed by atoms with Crippen LogP contribution in [0.4, 0.5) is 13.2 Å². The SMILES string of the molecule is CC(C)C[C@H](NC(=O)[C@H](CC(=O)O)NC(=O)CNC(=O)[C@H](CC(=O)O)NC(=O)[C@H](C)NC(=O)[C@H](CC(C)C)NC(=O)[C@@H](N)Cc1ccc(O)cc1)C(=O)N[C@@H](Cc1cnc[nH]1)C(=O)N[C@@H](CO)C(=O)N[C@@H](CC(=O)O)C(=O)NCC(=O)N1CCC[C@H]1C(=O)NCC(=O)N[C@@H](CCCN=C(N)N)C(=O)O.O=C(O)C(F)(F)F. The van der Waals surface area contributed by atoms with Crippen LogP contribution in [0.5, 0.6) is 5.75 Å². The summed E-state index contributed by atoms with van der Waals surface area (Å²) in [6.07, 6.45) is -6.04. The number of carbonyl (C=O) groups excluding carboxylic acids is 13. The number of phenols is 1. The molecule has 1 aromatic heterocycles. The van der Waals surface area contributed by atoms with Crippen LogP contribution in [-0.2, 0) is 99.1 Å². The number of aromatic amines is 1. The summed E-state index contributed by atoms with van der Waals surface area (Å²) >= 11 is 0. The number of aliphatic hydroxyl groups excluding tert-OH is 1. The summed E-state index contributed by atoms with van der Waals surface area (Å²) in [5.74, 6) is -23.9. The summed E-state index contributed by atoms with van der Waals surface area (Å²) in [4.78, 5) is 243. The molecule has 1 aromatic carbocycles. The van der Waals surface area contributed by atoms with Crippen LogP contribution >= 0.6 is 0 Å². The normalized spacial score (nSPS) is 15.1. The molecule has 26 N–H and O–H groups in total. The van der Waals surface area contributed by atoms with E-state index in [4.69, 9.17) is 27.1 Å². The maximum absolute atomic E-state index is 14.2. The number of hydrogen-bond donors (Lipinski definition) is 23. The highest BCUT2D eigenvalue weighted by atomic mass is 19.4. The van der Waals surface area contributed by atoms with Crippen LogP contribution in [0.15, 0.2) is 41.8 Å². The van der Waals surface area contributed by atoms with Crippen molar-refractivity contribution in [2.75, 3.05) is 39.3 Å². The topological polar surface area (TPSA) is 716 Å². The number of aromatic hydroxyl groups is 1. The molecule has 13 amide bonds. The average molecular weight is 1590 g/mol. The molecule has 3 rings (SSSR count). The van der Waals surface area contributed by atoms with Gasteiger partial charge in [0.25, 0.3) is 0 Å². The molecule has 2 heterocycles. The number of phenolic OH excluding ortho intramolecular Hbond substituents is 1. The van der Waals surface area contributed by atoms with Gasteiger partial charge in [-0.3, -0.25) is 81.7 Å². The lowest BCUT2D eigenvalue weighted by molar-refractivity contribution is -0.192.